The number of methoxy groups -OCH3 is 1. The number of hydrogen-bond donors (Lipinski definition) is 1. The monoisotopic (exact) mass is 389 g/mol. The first-order valence-corrected chi connectivity index (χ1v) is 10.5. The van der Waals surface area contributed by atoms with Gasteiger partial charge in [-0.25, -0.2) is 13.4 Å². The topological polar surface area (TPSA) is 88.6 Å². The summed E-state index contributed by atoms with van der Waals surface area (Å²) in [4.78, 5) is 18.5. The van der Waals surface area contributed by atoms with Crippen molar-refractivity contribution in [1.82, 2.24) is 10.3 Å². The number of benzene rings is 1. The Morgan fingerprint density at radius 1 is 1.30 bits per heavy atom. The smallest absolute Gasteiger partial charge is 0.270 e. The molecule has 1 aromatic heterocycles. The largest absolute Gasteiger partial charge is 0.496 e. The van der Waals surface area contributed by atoms with Crippen LogP contribution in [-0.2, 0) is 16.4 Å². The van der Waals surface area contributed by atoms with Crippen molar-refractivity contribution in [3.8, 4) is 5.75 Å². The first kappa shape index (κ1) is 19.2. The number of hydrogen-bond acceptors (Lipinski definition) is 6. The van der Waals surface area contributed by atoms with Crippen LogP contribution < -0.4 is 15.0 Å². The lowest BCUT2D eigenvalue weighted by molar-refractivity contribution is 0.0945. The third-order valence-electron chi connectivity index (χ3n) is 4.78. The van der Waals surface area contributed by atoms with Gasteiger partial charge in [-0.15, -0.1) is 0 Å². The molecule has 0 aliphatic carbocycles. The Balaban J connectivity index is 1.62. The van der Waals surface area contributed by atoms with Gasteiger partial charge in [0.25, 0.3) is 5.91 Å². The highest BCUT2D eigenvalue weighted by molar-refractivity contribution is 7.91. The molecule has 3 rings (SSSR count). The molecular formula is C19H23N3O4S. The van der Waals surface area contributed by atoms with E-state index in [9.17, 15) is 13.2 Å². The van der Waals surface area contributed by atoms with Crippen LogP contribution in [0.15, 0.2) is 42.6 Å². The van der Waals surface area contributed by atoms with Crippen molar-refractivity contribution in [2.45, 2.75) is 19.0 Å². The van der Waals surface area contributed by atoms with Gasteiger partial charge in [-0.1, -0.05) is 18.2 Å². The Hall–Kier alpha value is -2.61. The Bertz CT molecular complexity index is 913. The fourth-order valence-corrected chi connectivity index (χ4v) is 4.91. The van der Waals surface area contributed by atoms with Gasteiger partial charge in [-0.2, -0.15) is 0 Å². The van der Waals surface area contributed by atoms with E-state index in [0.29, 0.717) is 24.4 Å². The number of amides is 1. The van der Waals surface area contributed by atoms with Crippen molar-refractivity contribution in [3.05, 3.63) is 53.9 Å². The summed E-state index contributed by atoms with van der Waals surface area (Å²) in [7, 11) is 0.495. The Labute approximate surface area is 159 Å². The summed E-state index contributed by atoms with van der Waals surface area (Å²) >= 11 is 0. The fraction of sp³-hybridized carbons (Fsp3) is 0.368. The highest BCUT2D eigenvalue weighted by Gasteiger charge is 2.30. The molecular weight excluding hydrogens is 366 g/mol. The van der Waals surface area contributed by atoms with E-state index >= 15 is 0 Å². The van der Waals surface area contributed by atoms with Crippen molar-refractivity contribution in [2.24, 2.45) is 0 Å². The molecule has 1 aliphatic rings. The van der Waals surface area contributed by atoms with Gasteiger partial charge in [0.15, 0.2) is 9.84 Å². The third kappa shape index (κ3) is 4.57. The number of nitrogens with zero attached hydrogens (tertiary/aromatic N) is 2. The summed E-state index contributed by atoms with van der Waals surface area (Å²) in [6.07, 6.45) is 2.21. The number of ether oxygens (including phenoxy) is 1. The van der Waals surface area contributed by atoms with Crippen molar-refractivity contribution in [3.63, 3.8) is 0 Å². The van der Waals surface area contributed by atoms with Crippen LogP contribution >= 0.6 is 0 Å². The number of anilines is 1. The maximum absolute atomic E-state index is 12.3. The highest BCUT2D eigenvalue weighted by atomic mass is 32.2. The molecule has 1 saturated heterocycles. The molecule has 1 aromatic carbocycles. The van der Waals surface area contributed by atoms with Gasteiger partial charge in [-0.3, -0.25) is 4.79 Å². The molecule has 1 N–H and O–H groups in total. The lowest BCUT2D eigenvalue weighted by Crippen LogP contribution is -2.32. The summed E-state index contributed by atoms with van der Waals surface area (Å²) in [5, 5.41) is 2.83. The summed E-state index contributed by atoms with van der Waals surface area (Å²) in [6, 6.07) is 10.9. The predicted octanol–water partition coefficient (Wildman–Crippen LogP) is 1.64. The molecule has 7 nitrogen and oxygen atoms in total. The maximum atomic E-state index is 12.3. The number of para-hydroxylation sites is 1. The number of rotatable bonds is 6. The average Bonchev–Trinajstić information content (AvgIpc) is 3.05. The van der Waals surface area contributed by atoms with E-state index in [1.54, 1.807) is 25.4 Å². The molecule has 0 spiro atoms. The molecule has 0 radical (unpaired) electrons. The summed E-state index contributed by atoms with van der Waals surface area (Å²) < 4.78 is 28.6. The van der Waals surface area contributed by atoms with Gasteiger partial charge in [0.2, 0.25) is 0 Å². The average molecular weight is 389 g/mol. The zero-order chi connectivity index (χ0) is 19.4. The number of carbonyl (C=O) groups is 1. The minimum Gasteiger partial charge on any atom is -0.496 e. The Morgan fingerprint density at radius 3 is 2.70 bits per heavy atom. The minimum absolute atomic E-state index is 0.0537. The van der Waals surface area contributed by atoms with Gasteiger partial charge in [0.1, 0.15) is 11.4 Å². The van der Waals surface area contributed by atoms with Gasteiger partial charge >= 0.3 is 0 Å². The standard InChI is InChI=1S/C19H23N3O4S/c1-22(16-9-10-27(24,25)13-16)15-7-8-17(20-12-15)19(23)21-11-14-5-3-4-6-18(14)26-2/h3-8,12,16H,9-11,13H2,1-2H3,(H,21,23). The van der Waals surface area contributed by atoms with Crippen molar-refractivity contribution in [1.29, 1.82) is 0 Å². The Morgan fingerprint density at radius 2 is 2.07 bits per heavy atom. The summed E-state index contributed by atoms with van der Waals surface area (Å²) in [6.45, 7) is 0.339. The minimum atomic E-state index is -2.95. The van der Waals surface area contributed by atoms with Crippen molar-refractivity contribution >= 4 is 21.4 Å². The molecule has 144 valence electrons. The van der Waals surface area contributed by atoms with E-state index in [2.05, 4.69) is 10.3 Å². The number of nitrogens with one attached hydrogen (secondary N) is 1. The molecule has 2 heterocycles. The molecule has 1 atom stereocenters. The van der Waals surface area contributed by atoms with Gasteiger partial charge < -0.3 is 15.0 Å². The SMILES string of the molecule is COc1ccccc1CNC(=O)c1ccc(N(C)C2CCS(=O)(=O)C2)cn1. The molecule has 27 heavy (non-hydrogen) atoms. The van der Waals surface area contributed by atoms with Crippen molar-refractivity contribution < 1.29 is 17.9 Å². The molecule has 1 fully saturated rings. The van der Waals surface area contributed by atoms with E-state index < -0.39 is 9.84 Å². The maximum Gasteiger partial charge on any atom is 0.270 e. The number of pyridine rings is 1. The predicted molar refractivity (Wildman–Crippen MR) is 104 cm³/mol. The van der Waals surface area contributed by atoms with E-state index in [4.69, 9.17) is 4.74 Å². The first-order valence-electron chi connectivity index (χ1n) is 8.69. The second kappa shape index (κ2) is 7.96. The van der Waals surface area contributed by atoms with Crippen LogP contribution in [0.3, 0.4) is 0 Å². The summed E-state index contributed by atoms with van der Waals surface area (Å²) in [5.74, 6) is 0.816. The van der Waals surface area contributed by atoms with Gasteiger partial charge in [0.05, 0.1) is 30.5 Å². The van der Waals surface area contributed by atoms with Crippen LogP contribution in [0.1, 0.15) is 22.5 Å². The first-order chi connectivity index (χ1) is 12.9. The van der Waals surface area contributed by atoms with E-state index in [1.807, 2.05) is 36.2 Å². The van der Waals surface area contributed by atoms with Crippen molar-refractivity contribution in [2.75, 3.05) is 30.6 Å². The number of aromatic nitrogens is 1. The zero-order valence-corrected chi connectivity index (χ0v) is 16.2. The Kier molecular flexibility index (Phi) is 5.65. The molecule has 8 heteroatoms. The molecule has 0 bridgehead atoms. The van der Waals surface area contributed by atoms with Crippen LogP contribution in [0.25, 0.3) is 0 Å². The molecule has 1 aliphatic heterocycles. The zero-order valence-electron chi connectivity index (χ0n) is 15.4. The van der Waals surface area contributed by atoms with E-state index in [-0.39, 0.29) is 23.5 Å². The lowest BCUT2D eigenvalue weighted by atomic mass is 10.2. The van der Waals surface area contributed by atoms with Crippen LogP contribution in [0.2, 0.25) is 0 Å². The third-order valence-corrected chi connectivity index (χ3v) is 6.53. The second-order valence-electron chi connectivity index (χ2n) is 6.56. The quantitative estimate of drug-likeness (QED) is 0.808. The summed E-state index contributed by atoms with van der Waals surface area (Å²) in [5.41, 5.74) is 1.98. The van der Waals surface area contributed by atoms with Crippen LogP contribution in [0.5, 0.6) is 5.75 Å². The fourth-order valence-electron chi connectivity index (χ4n) is 3.14. The lowest BCUT2D eigenvalue weighted by Gasteiger charge is -2.25. The molecule has 2 aromatic rings. The normalized spacial score (nSPS) is 18.1. The number of carbonyl (C=O) groups excluding carboxylic acids is 1. The molecule has 1 unspecified atom stereocenters. The van der Waals surface area contributed by atoms with Crippen LogP contribution in [0.4, 0.5) is 5.69 Å². The van der Waals surface area contributed by atoms with Gasteiger partial charge in [0, 0.05) is 25.2 Å². The van der Waals surface area contributed by atoms with Crippen LogP contribution in [-0.4, -0.2) is 51.0 Å². The second-order valence-corrected chi connectivity index (χ2v) is 8.79. The van der Waals surface area contributed by atoms with Gasteiger partial charge in [-0.05, 0) is 24.6 Å². The van der Waals surface area contributed by atoms with E-state index in [1.165, 1.54) is 0 Å². The molecule has 0 saturated carbocycles. The van der Waals surface area contributed by atoms with E-state index in [0.717, 1.165) is 11.3 Å². The number of sulfone groups is 1. The highest BCUT2D eigenvalue weighted by Crippen LogP contribution is 2.22. The van der Waals surface area contributed by atoms with Crippen LogP contribution in [0, 0.1) is 0 Å². The molecule has 1 amide bonds.